The zero-order valence-corrected chi connectivity index (χ0v) is 11.8. The Hall–Kier alpha value is -2.91. The number of benzene rings is 1. The number of alkyl halides is 3. The Morgan fingerprint density at radius 1 is 1.43 bits per heavy atom. The Morgan fingerprint density at radius 2 is 2.13 bits per heavy atom. The molecule has 2 rings (SSSR count). The van der Waals surface area contributed by atoms with Crippen molar-refractivity contribution < 1.29 is 22.9 Å². The van der Waals surface area contributed by atoms with E-state index in [4.69, 9.17) is 0 Å². The van der Waals surface area contributed by atoms with Crippen molar-refractivity contribution in [3.63, 3.8) is 0 Å². The Kier molecular flexibility index (Phi) is 4.34. The van der Waals surface area contributed by atoms with Crippen molar-refractivity contribution >= 4 is 11.6 Å². The second-order valence-electron chi connectivity index (χ2n) is 4.69. The highest BCUT2D eigenvalue weighted by molar-refractivity contribution is 5.98. The van der Waals surface area contributed by atoms with Gasteiger partial charge in [0.1, 0.15) is 5.56 Å². The van der Waals surface area contributed by atoms with Gasteiger partial charge in [-0.3, -0.25) is 19.6 Å². The molecule has 1 aromatic carbocycles. The Bertz CT molecular complexity index is 755. The Balaban J connectivity index is 2.23. The third kappa shape index (κ3) is 3.84. The first kappa shape index (κ1) is 16.5. The average molecular weight is 328 g/mol. The third-order valence-corrected chi connectivity index (χ3v) is 2.98. The van der Waals surface area contributed by atoms with Crippen molar-refractivity contribution in [2.24, 2.45) is 7.05 Å². The van der Waals surface area contributed by atoms with E-state index in [2.05, 4.69) is 10.4 Å². The monoisotopic (exact) mass is 328 g/mol. The van der Waals surface area contributed by atoms with E-state index in [0.29, 0.717) is 17.7 Å². The van der Waals surface area contributed by atoms with Crippen LogP contribution in [0.3, 0.4) is 0 Å². The molecule has 10 heteroatoms. The molecule has 122 valence electrons. The quantitative estimate of drug-likeness (QED) is 0.688. The number of nitrogens with one attached hydrogen (secondary N) is 1. The molecular formula is C13H11F3N4O3. The largest absolute Gasteiger partial charge is 0.416 e. The summed E-state index contributed by atoms with van der Waals surface area (Å²) in [6.45, 7) is 0.0465. The van der Waals surface area contributed by atoms with Gasteiger partial charge in [0.05, 0.1) is 16.7 Å². The van der Waals surface area contributed by atoms with Gasteiger partial charge in [-0.15, -0.1) is 0 Å². The zero-order chi connectivity index (χ0) is 17.2. The van der Waals surface area contributed by atoms with Crippen molar-refractivity contribution in [3.05, 3.63) is 57.4 Å². The van der Waals surface area contributed by atoms with Crippen LogP contribution in [0.15, 0.2) is 30.6 Å². The number of hydrogen-bond acceptors (Lipinski definition) is 4. The number of nitrogens with zero attached hydrogens (tertiary/aromatic N) is 3. The molecule has 1 heterocycles. The van der Waals surface area contributed by atoms with Gasteiger partial charge in [-0.1, -0.05) is 0 Å². The smallest absolute Gasteiger partial charge is 0.348 e. The topological polar surface area (TPSA) is 90.1 Å². The van der Waals surface area contributed by atoms with Gasteiger partial charge < -0.3 is 5.32 Å². The summed E-state index contributed by atoms with van der Waals surface area (Å²) in [6, 6.07) is 1.77. The maximum atomic E-state index is 12.6. The molecule has 0 saturated heterocycles. The standard InChI is InChI=1S/C13H11F3N4O3/c1-19-7-8(6-18-19)5-17-12(21)10-3-2-9(13(14,15)16)4-11(10)20(22)23/h2-4,6-7H,5H2,1H3,(H,17,21). The van der Waals surface area contributed by atoms with Crippen LogP contribution in [-0.4, -0.2) is 20.6 Å². The van der Waals surface area contributed by atoms with Crippen molar-refractivity contribution in [1.29, 1.82) is 0 Å². The fourth-order valence-electron chi connectivity index (χ4n) is 1.89. The first-order valence-corrected chi connectivity index (χ1v) is 6.30. The lowest BCUT2D eigenvalue weighted by Gasteiger charge is -2.09. The minimum absolute atomic E-state index is 0.0465. The van der Waals surface area contributed by atoms with E-state index in [-0.39, 0.29) is 6.54 Å². The van der Waals surface area contributed by atoms with Crippen LogP contribution in [0, 0.1) is 10.1 Å². The number of amides is 1. The number of carbonyl (C=O) groups excluding carboxylic acids is 1. The van der Waals surface area contributed by atoms with Crippen LogP contribution < -0.4 is 5.32 Å². The van der Waals surface area contributed by atoms with Gasteiger partial charge in [-0.2, -0.15) is 18.3 Å². The predicted molar refractivity (Wildman–Crippen MR) is 72.5 cm³/mol. The highest BCUT2D eigenvalue weighted by Crippen LogP contribution is 2.32. The highest BCUT2D eigenvalue weighted by atomic mass is 19.4. The lowest BCUT2D eigenvalue weighted by atomic mass is 10.1. The van der Waals surface area contributed by atoms with E-state index in [1.165, 1.54) is 10.9 Å². The predicted octanol–water partition coefficient (Wildman–Crippen LogP) is 2.28. The number of carbonyl (C=O) groups is 1. The molecule has 0 bridgehead atoms. The molecule has 0 spiro atoms. The number of aryl methyl sites for hydroxylation is 1. The molecule has 23 heavy (non-hydrogen) atoms. The zero-order valence-electron chi connectivity index (χ0n) is 11.8. The van der Waals surface area contributed by atoms with Crippen molar-refractivity contribution in [1.82, 2.24) is 15.1 Å². The molecule has 0 unspecified atom stereocenters. The van der Waals surface area contributed by atoms with E-state index in [9.17, 15) is 28.1 Å². The molecule has 0 aliphatic carbocycles. The van der Waals surface area contributed by atoms with E-state index in [1.54, 1.807) is 13.2 Å². The minimum atomic E-state index is -4.73. The molecule has 2 aromatic rings. The maximum absolute atomic E-state index is 12.6. The summed E-state index contributed by atoms with van der Waals surface area (Å²) < 4.78 is 39.3. The van der Waals surface area contributed by atoms with Crippen molar-refractivity contribution in [2.75, 3.05) is 0 Å². The van der Waals surface area contributed by atoms with Crippen LogP contribution in [-0.2, 0) is 19.8 Å². The van der Waals surface area contributed by atoms with Crippen LogP contribution in [0.1, 0.15) is 21.5 Å². The fourth-order valence-corrected chi connectivity index (χ4v) is 1.89. The first-order chi connectivity index (χ1) is 10.7. The van der Waals surface area contributed by atoms with Gasteiger partial charge in [-0.05, 0) is 12.1 Å². The average Bonchev–Trinajstić information content (AvgIpc) is 2.88. The normalized spacial score (nSPS) is 11.3. The van der Waals surface area contributed by atoms with Gasteiger partial charge in [-0.25, -0.2) is 0 Å². The van der Waals surface area contributed by atoms with Gasteiger partial charge in [0, 0.05) is 31.4 Å². The lowest BCUT2D eigenvalue weighted by molar-refractivity contribution is -0.385. The SMILES string of the molecule is Cn1cc(CNC(=O)c2ccc(C(F)(F)F)cc2[N+](=O)[O-])cn1. The summed E-state index contributed by atoms with van der Waals surface area (Å²) in [6.07, 6.45) is -1.61. The number of rotatable bonds is 4. The number of hydrogen-bond donors (Lipinski definition) is 1. The molecule has 1 aromatic heterocycles. The molecule has 0 fully saturated rings. The molecule has 0 aliphatic rings. The van der Waals surface area contributed by atoms with Crippen LogP contribution in [0.4, 0.5) is 18.9 Å². The van der Waals surface area contributed by atoms with Crippen LogP contribution >= 0.6 is 0 Å². The van der Waals surface area contributed by atoms with E-state index >= 15 is 0 Å². The second kappa shape index (κ2) is 6.07. The molecule has 0 saturated carbocycles. The maximum Gasteiger partial charge on any atom is 0.416 e. The molecule has 1 amide bonds. The number of halogens is 3. The third-order valence-electron chi connectivity index (χ3n) is 2.98. The molecular weight excluding hydrogens is 317 g/mol. The molecule has 0 atom stereocenters. The van der Waals surface area contributed by atoms with E-state index in [0.717, 1.165) is 6.07 Å². The molecule has 0 aliphatic heterocycles. The summed E-state index contributed by atoms with van der Waals surface area (Å²) in [5.74, 6) is -0.839. The van der Waals surface area contributed by atoms with E-state index in [1.807, 2.05) is 0 Å². The van der Waals surface area contributed by atoms with Gasteiger partial charge >= 0.3 is 6.18 Å². The van der Waals surface area contributed by atoms with Crippen LogP contribution in [0.5, 0.6) is 0 Å². The summed E-state index contributed by atoms with van der Waals surface area (Å²) in [5.41, 5.74) is -1.88. The summed E-state index contributed by atoms with van der Waals surface area (Å²) in [7, 11) is 1.67. The number of nitro groups is 1. The minimum Gasteiger partial charge on any atom is -0.348 e. The number of nitro benzene ring substituents is 1. The van der Waals surface area contributed by atoms with Crippen LogP contribution in [0.25, 0.3) is 0 Å². The summed E-state index contributed by atoms with van der Waals surface area (Å²) in [5, 5.41) is 17.2. The van der Waals surface area contributed by atoms with Crippen molar-refractivity contribution in [2.45, 2.75) is 12.7 Å². The second-order valence-corrected chi connectivity index (χ2v) is 4.69. The Labute approximate surface area is 127 Å². The van der Waals surface area contributed by atoms with Gasteiger partial charge in [0.15, 0.2) is 0 Å². The highest BCUT2D eigenvalue weighted by Gasteiger charge is 2.33. The fraction of sp³-hybridized carbons (Fsp3) is 0.231. The summed E-state index contributed by atoms with van der Waals surface area (Å²) >= 11 is 0. The van der Waals surface area contributed by atoms with Crippen molar-refractivity contribution in [3.8, 4) is 0 Å². The first-order valence-electron chi connectivity index (χ1n) is 6.30. The van der Waals surface area contributed by atoms with Gasteiger partial charge in [0.25, 0.3) is 11.6 Å². The summed E-state index contributed by atoms with van der Waals surface area (Å²) in [4.78, 5) is 21.9. The number of aromatic nitrogens is 2. The molecule has 1 N–H and O–H groups in total. The Morgan fingerprint density at radius 3 is 2.65 bits per heavy atom. The van der Waals surface area contributed by atoms with Crippen LogP contribution in [0.2, 0.25) is 0 Å². The van der Waals surface area contributed by atoms with Gasteiger partial charge in [0.2, 0.25) is 0 Å². The molecule has 0 radical (unpaired) electrons. The van der Waals surface area contributed by atoms with E-state index < -0.39 is 33.8 Å². The molecule has 7 nitrogen and oxygen atoms in total. The lowest BCUT2D eigenvalue weighted by Crippen LogP contribution is -2.24.